The molecule has 4 rings (SSSR count). The molecule has 39 heavy (non-hydrogen) atoms. The second-order valence-corrected chi connectivity index (χ2v) is 9.42. The molecule has 5 atom stereocenters. The number of aliphatic hydroxyl groups is 4. The van der Waals surface area contributed by atoms with E-state index in [-0.39, 0.29) is 24.6 Å². The van der Waals surface area contributed by atoms with Crippen LogP contribution in [0.25, 0.3) is 0 Å². The van der Waals surface area contributed by atoms with Gasteiger partial charge in [-0.15, -0.1) is 0 Å². The van der Waals surface area contributed by atoms with Crippen LogP contribution in [0.4, 0.5) is 5.69 Å². The lowest BCUT2D eigenvalue weighted by Crippen LogP contribution is -2.60. The lowest BCUT2D eigenvalue weighted by Gasteiger charge is -2.39. The van der Waals surface area contributed by atoms with Gasteiger partial charge in [0.2, 0.25) is 18.1 Å². The van der Waals surface area contributed by atoms with E-state index >= 15 is 0 Å². The Morgan fingerprint density at radius 3 is 2.31 bits per heavy atom. The molecule has 12 nitrogen and oxygen atoms in total. The van der Waals surface area contributed by atoms with Gasteiger partial charge in [0.25, 0.3) is 0 Å². The van der Waals surface area contributed by atoms with Crippen LogP contribution in [-0.2, 0) is 20.7 Å². The van der Waals surface area contributed by atoms with Crippen LogP contribution in [0.2, 0.25) is 0 Å². The van der Waals surface area contributed by atoms with Crippen molar-refractivity contribution >= 4 is 17.5 Å². The predicted octanol–water partition coefficient (Wildman–Crippen LogP) is -1.12. The van der Waals surface area contributed by atoms with Crippen LogP contribution in [0.3, 0.4) is 0 Å². The van der Waals surface area contributed by atoms with E-state index in [1.807, 2.05) is 24.3 Å². The van der Waals surface area contributed by atoms with Crippen LogP contribution in [0.1, 0.15) is 5.56 Å². The third kappa shape index (κ3) is 6.78. The summed E-state index contributed by atoms with van der Waals surface area (Å²) in [6.07, 6.45) is -7.27. The summed E-state index contributed by atoms with van der Waals surface area (Å²) in [6, 6.07) is 14.3. The van der Waals surface area contributed by atoms with E-state index in [1.54, 1.807) is 36.3 Å². The summed E-state index contributed by atoms with van der Waals surface area (Å²) in [7, 11) is 1.63. The molecule has 5 unspecified atom stereocenters. The van der Waals surface area contributed by atoms with Crippen molar-refractivity contribution in [2.75, 3.05) is 51.3 Å². The van der Waals surface area contributed by atoms with Gasteiger partial charge in [0.05, 0.1) is 32.4 Å². The molecule has 2 fully saturated rings. The van der Waals surface area contributed by atoms with Crippen LogP contribution in [-0.4, -0.2) is 114 Å². The number of amides is 2. The molecule has 2 heterocycles. The molecule has 2 amide bonds. The van der Waals surface area contributed by atoms with E-state index in [9.17, 15) is 30.0 Å². The summed E-state index contributed by atoms with van der Waals surface area (Å²) in [4.78, 5) is 29.3. The fourth-order valence-electron chi connectivity index (χ4n) is 4.66. The molecule has 0 radical (unpaired) electrons. The minimum Gasteiger partial charge on any atom is -0.495 e. The zero-order valence-corrected chi connectivity index (χ0v) is 21.7. The Morgan fingerprint density at radius 2 is 1.62 bits per heavy atom. The molecule has 0 saturated carbocycles. The summed E-state index contributed by atoms with van der Waals surface area (Å²) in [5.74, 6) is 0.408. The van der Waals surface area contributed by atoms with Crippen LogP contribution >= 0.6 is 0 Å². The average Bonchev–Trinajstić information content (AvgIpc) is 2.97. The Morgan fingerprint density at radius 1 is 0.949 bits per heavy atom. The zero-order chi connectivity index (χ0) is 27.9. The number of para-hydroxylation sites is 3. The first-order valence-electron chi connectivity index (χ1n) is 12.8. The molecule has 2 saturated heterocycles. The van der Waals surface area contributed by atoms with Gasteiger partial charge in [0.15, 0.2) is 0 Å². The van der Waals surface area contributed by atoms with Gasteiger partial charge in [-0.1, -0.05) is 30.3 Å². The van der Waals surface area contributed by atoms with Crippen molar-refractivity contribution in [3.8, 4) is 11.5 Å². The van der Waals surface area contributed by atoms with Gasteiger partial charge in [-0.2, -0.15) is 0 Å². The summed E-state index contributed by atoms with van der Waals surface area (Å²) in [5, 5.41) is 42.3. The topological polar surface area (TPSA) is 161 Å². The summed E-state index contributed by atoms with van der Waals surface area (Å²) in [6.45, 7) is 1.58. The van der Waals surface area contributed by atoms with Crippen molar-refractivity contribution in [1.82, 2.24) is 10.2 Å². The Kier molecular flexibility index (Phi) is 9.59. The molecule has 212 valence electrons. The highest BCUT2D eigenvalue weighted by Gasteiger charge is 2.44. The molecular weight excluding hydrogens is 510 g/mol. The first-order valence-corrected chi connectivity index (χ1v) is 12.8. The van der Waals surface area contributed by atoms with Crippen molar-refractivity contribution in [1.29, 1.82) is 0 Å². The number of anilines is 1. The van der Waals surface area contributed by atoms with Crippen molar-refractivity contribution in [2.24, 2.45) is 0 Å². The number of carbonyl (C=O) groups excluding carboxylic acids is 2. The normalized spacial score (nSPS) is 25.2. The largest absolute Gasteiger partial charge is 0.495 e. The Labute approximate surface area is 226 Å². The van der Waals surface area contributed by atoms with Gasteiger partial charge >= 0.3 is 0 Å². The van der Waals surface area contributed by atoms with Crippen molar-refractivity contribution in [3.63, 3.8) is 0 Å². The minimum absolute atomic E-state index is 0.109. The van der Waals surface area contributed by atoms with Crippen LogP contribution in [0.15, 0.2) is 48.5 Å². The first-order chi connectivity index (χ1) is 18.8. The maximum Gasteiger partial charge on any atom is 0.242 e. The average molecular weight is 546 g/mol. The molecule has 0 spiro atoms. The van der Waals surface area contributed by atoms with Crippen LogP contribution in [0.5, 0.6) is 11.5 Å². The Bertz CT molecular complexity index is 1120. The molecule has 2 aromatic rings. The van der Waals surface area contributed by atoms with E-state index in [4.69, 9.17) is 14.2 Å². The zero-order valence-electron chi connectivity index (χ0n) is 21.7. The smallest absolute Gasteiger partial charge is 0.242 e. The molecule has 2 aliphatic heterocycles. The number of nitrogens with one attached hydrogen (secondary N) is 1. The van der Waals surface area contributed by atoms with Crippen molar-refractivity contribution in [3.05, 3.63) is 54.1 Å². The van der Waals surface area contributed by atoms with Gasteiger partial charge in [-0.3, -0.25) is 9.59 Å². The monoisotopic (exact) mass is 545 g/mol. The molecule has 0 aliphatic carbocycles. The highest BCUT2D eigenvalue weighted by molar-refractivity contribution is 5.86. The fraction of sp³-hybridized carbons (Fsp3) is 0.481. The number of methoxy groups -OCH3 is 1. The summed E-state index contributed by atoms with van der Waals surface area (Å²) < 4.78 is 16.5. The third-order valence-corrected chi connectivity index (χ3v) is 6.91. The van der Waals surface area contributed by atoms with Gasteiger partial charge in [-0.05, 0) is 18.2 Å². The molecule has 0 aromatic heterocycles. The lowest BCUT2D eigenvalue weighted by molar-refractivity contribution is -0.277. The number of carbonyl (C=O) groups is 2. The number of nitrogens with zero attached hydrogens (tertiary/aromatic N) is 2. The second kappa shape index (κ2) is 13.1. The van der Waals surface area contributed by atoms with Crippen LogP contribution < -0.4 is 19.7 Å². The number of aliphatic hydroxyl groups excluding tert-OH is 4. The molecule has 5 N–H and O–H groups in total. The number of rotatable bonds is 9. The first kappa shape index (κ1) is 28.6. The lowest BCUT2D eigenvalue weighted by atomic mass is 9.99. The second-order valence-electron chi connectivity index (χ2n) is 9.42. The standard InChI is InChI=1S/C27H35N3O9/c1-37-20-9-5-3-7-18(20)29-10-12-30(13-11-29)23(33)15-28-22(32)14-17-6-2-4-8-19(17)38-27-26(36)25(35)24(34)21(16-31)39-27/h2-9,21,24-27,31,34-36H,10-16H2,1H3,(H,28,32). The van der Waals surface area contributed by atoms with Gasteiger partial charge in [0.1, 0.15) is 35.9 Å². The van der Waals surface area contributed by atoms with E-state index in [0.29, 0.717) is 31.7 Å². The van der Waals surface area contributed by atoms with Gasteiger partial charge < -0.3 is 49.8 Å². The summed E-state index contributed by atoms with van der Waals surface area (Å²) >= 11 is 0. The van der Waals surface area contributed by atoms with E-state index in [1.165, 1.54) is 0 Å². The quantitative estimate of drug-likeness (QED) is 0.261. The summed E-state index contributed by atoms with van der Waals surface area (Å²) in [5.41, 5.74) is 1.44. The Balaban J connectivity index is 1.28. The number of piperazine rings is 1. The SMILES string of the molecule is COc1ccccc1N1CCN(C(=O)CNC(=O)Cc2ccccc2OC2OC(CO)C(O)C(O)C2O)CC1. The molecule has 0 bridgehead atoms. The van der Waals surface area contributed by atoms with E-state index in [2.05, 4.69) is 10.2 Å². The molecule has 12 heteroatoms. The van der Waals surface area contributed by atoms with Crippen molar-refractivity contribution < 1.29 is 44.2 Å². The van der Waals surface area contributed by atoms with E-state index < -0.39 is 43.2 Å². The maximum atomic E-state index is 12.7. The number of hydrogen-bond donors (Lipinski definition) is 5. The van der Waals surface area contributed by atoms with E-state index in [0.717, 1.165) is 11.4 Å². The third-order valence-electron chi connectivity index (χ3n) is 6.91. The van der Waals surface area contributed by atoms with Gasteiger partial charge in [-0.25, -0.2) is 0 Å². The highest BCUT2D eigenvalue weighted by atomic mass is 16.7. The fourth-order valence-corrected chi connectivity index (χ4v) is 4.66. The number of hydrogen-bond acceptors (Lipinski definition) is 10. The Hall–Kier alpha value is -3.42. The van der Waals surface area contributed by atoms with Gasteiger partial charge in [0, 0.05) is 31.7 Å². The molecule has 2 aliphatic rings. The van der Waals surface area contributed by atoms with Crippen LogP contribution in [0, 0.1) is 0 Å². The highest BCUT2D eigenvalue weighted by Crippen LogP contribution is 2.29. The maximum absolute atomic E-state index is 12.7. The number of ether oxygens (including phenoxy) is 3. The molecule has 2 aromatic carbocycles. The number of benzene rings is 2. The van der Waals surface area contributed by atoms with Crippen molar-refractivity contribution in [2.45, 2.75) is 37.1 Å². The predicted molar refractivity (Wildman–Crippen MR) is 139 cm³/mol. The minimum atomic E-state index is -1.58. The molecular formula is C27H35N3O9.